The smallest absolute Gasteiger partial charge is 0.304 e. The zero-order valence-corrected chi connectivity index (χ0v) is 11.0. The summed E-state index contributed by atoms with van der Waals surface area (Å²) in [6.45, 7) is 1.42. The molecule has 102 valence electrons. The molecule has 3 rings (SSSR count). The van der Waals surface area contributed by atoms with Crippen LogP contribution in [0.2, 0.25) is 0 Å². The maximum Gasteiger partial charge on any atom is 0.304 e. The molecule has 4 nitrogen and oxygen atoms in total. The number of hydrogen-bond donors (Lipinski definition) is 0. The van der Waals surface area contributed by atoms with Crippen LogP contribution in [0, 0.1) is 11.8 Å². The Hall–Kier alpha value is -0.610. The first-order valence-electron chi connectivity index (χ1n) is 7.20. The van der Waals surface area contributed by atoms with E-state index in [9.17, 15) is 4.79 Å². The Bertz CT molecular complexity index is 297. The Morgan fingerprint density at radius 1 is 1.06 bits per heavy atom. The van der Waals surface area contributed by atoms with Crippen molar-refractivity contribution in [1.82, 2.24) is 0 Å². The molecular weight excluding hydrogens is 232 g/mol. The van der Waals surface area contributed by atoms with Crippen LogP contribution in [0.1, 0.15) is 51.9 Å². The second kappa shape index (κ2) is 5.17. The fraction of sp³-hybridized carbons (Fsp3) is 0.929. The zero-order valence-electron chi connectivity index (χ0n) is 11.0. The van der Waals surface area contributed by atoms with E-state index >= 15 is 0 Å². The van der Waals surface area contributed by atoms with Gasteiger partial charge < -0.3 is 14.2 Å². The Morgan fingerprint density at radius 3 is 2.50 bits per heavy atom. The van der Waals surface area contributed by atoms with Crippen LogP contribution in [0.15, 0.2) is 0 Å². The van der Waals surface area contributed by atoms with Gasteiger partial charge in [-0.2, -0.15) is 0 Å². The number of ether oxygens (including phenoxy) is 3. The van der Waals surface area contributed by atoms with E-state index in [1.807, 2.05) is 0 Å². The molecule has 2 aliphatic heterocycles. The van der Waals surface area contributed by atoms with Crippen LogP contribution in [-0.2, 0) is 19.0 Å². The Kier molecular flexibility index (Phi) is 3.57. The summed E-state index contributed by atoms with van der Waals surface area (Å²) in [6, 6.07) is 0. The number of carbonyl (C=O) groups is 1. The van der Waals surface area contributed by atoms with Gasteiger partial charge in [0.15, 0.2) is 6.29 Å². The van der Waals surface area contributed by atoms with Crippen molar-refractivity contribution in [1.29, 1.82) is 0 Å². The highest BCUT2D eigenvalue weighted by Crippen LogP contribution is 2.43. The predicted molar refractivity (Wildman–Crippen MR) is 64.6 cm³/mol. The highest BCUT2D eigenvalue weighted by molar-refractivity contribution is 5.66. The maximum absolute atomic E-state index is 10.9. The standard InChI is InChI=1S/C14H22O4/c1-9(15)16-13-8-11-7-12(17-14(11)18-13)10-5-3-2-4-6-10/h10-14H,2-8H2,1H3/t11-,12?,13?,14+/m0/s1. The summed E-state index contributed by atoms with van der Waals surface area (Å²) in [5.74, 6) is 0.866. The lowest BCUT2D eigenvalue weighted by molar-refractivity contribution is -0.213. The molecule has 0 bridgehead atoms. The lowest BCUT2D eigenvalue weighted by atomic mass is 9.83. The van der Waals surface area contributed by atoms with Crippen molar-refractivity contribution < 1.29 is 19.0 Å². The summed E-state index contributed by atoms with van der Waals surface area (Å²) in [5, 5.41) is 0. The normalized spacial score (nSPS) is 40.7. The van der Waals surface area contributed by atoms with Crippen molar-refractivity contribution in [3.63, 3.8) is 0 Å². The van der Waals surface area contributed by atoms with Crippen LogP contribution in [0.4, 0.5) is 0 Å². The number of rotatable bonds is 2. The Balaban J connectivity index is 1.51. The average molecular weight is 254 g/mol. The van der Waals surface area contributed by atoms with Gasteiger partial charge in [0.05, 0.1) is 6.10 Å². The third-order valence-electron chi connectivity index (χ3n) is 4.48. The second-order valence-corrected chi connectivity index (χ2v) is 5.85. The first-order valence-corrected chi connectivity index (χ1v) is 7.20. The van der Waals surface area contributed by atoms with Gasteiger partial charge in [0, 0.05) is 19.3 Å². The minimum Gasteiger partial charge on any atom is -0.436 e. The van der Waals surface area contributed by atoms with Crippen LogP contribution in [-0.4, -0.2) is 24.7 Å². The third-order valence-corrected chi connectivity index (χ3v) is 4.48. The highest BCUT2D eigenvalue weighted by Gasteiger charge is 2.47. The van der Waals surface area contributed by atoms with Crippen LogP contribution >= 0.6 is 0 Å². The SMILES string of the molecule is CC(=O)OC1C[C@@H]2CC(C3CCCCC3)O[C@@H]2O1. The topological polar surface area (TPSA) is 44.8 Å². The number of fused-ring (bicyclic) bond motifs is 1. The van der Waals surface area contributed by atoms with E-state index < -0.39 is 0 Å². The van der Waals surface area contributed by atoms with Crippen LogP contribution < -0.4 is 0 Å². The van der Waals surface area contributed by atoms with Gasteiger partial charge in [0.25, 0.3) is 0 Å². The molecule has 2 unspecified atom stereocenters. The highest BCUT2D eigenvalue weighted by atomic mass is 16.8. The number of hydrogen-bond acceptors (Lipinski definition) is 4. The third kappa shape index (κ3) is 2.54. The van der Waals surface area contributed by atoms with E-state index in [4.69, 9.17) is 14.2 Å². The van der Waals surface area contributed by atoms with E-state index in [-0.39, 0.29) is 18.5 Å². The van der Waals surface area contributed by atoms with E-state index in [1.165, 1.54) is 39.0 Å². The Labute approximate surface area is 108 Å². The van der Waals surface area contributed by atoms with Crippen molar-refractivity contribution in [2.45, 2.75) is 70.6 Å². The summed E-state index contributed by atoms with van der Waals surface area (Å²) in [6.07, 6.45) is 8.40. The molecule has 0 amide bonds. The van der Waals surface area contributed by atoms with Gasteiger partial charge in [0.2, 0.25) is 6.29 Å². The van der Waals surface area contributed by atoms with Gasteiger partial charge >= 0.3 is 5.97 Å². The molecule has 1 saturated carbocycles. The van der Waals surface area contributed by atoms with Crippen LogP contribution in [0.25, 0.3) is 0 Å². The van der Waals surface area contributed by atoms with Crippen molar-refractivity contribution in [2.75, 3.05) is 0 Å². The Morgan fingerprint density at radius 2 is 1.83 bits per heavy atom. The quantitative estimate of drug-likeness (QED) is 0.711. The molecule has 0 N–H and O–H groups in total. The summed E-state index contributed by atoms with van der Waals surface area (Å²) in [5.41, 5.74) is 0. The predicted octanol–water partition coefficient (Wildman–Crippen LogP) is 2.61. The molecule has 18 heavy (non-hydrogen) atoms. The molecule has 0 aromatic carbocycles. The summed E-state index contributed by atoms with van der Waals surface area (Å²) < 4.78 is 16.8. The lowest BCUT2D eigenvalue weighted by Gasteiger charge is -2.27. The molecule has 4 atom stereocenters. The van der Waals surface area contributed by atoms with E-state index in [0.29, 0.717) is 12.0 Å². The minimum atomic E-state index is -0.384. The molecular formula is C14H22O4. The molecule has 0 aromatic rings. The van der Waals surface area contributed by atoms with Crippen molar-refractivity contribution in [2.24, 2.45) is 11.8 Å². The van der Waals surface area contributed by atoms with Gasteiger partial charge in [-0.15, -0.1) is 0 Å². The summed E-state index contributed by atoms with van der Waals surface area (Å²) in [4.78, 5) is 10.9. The van der Waals surface area contributed by atoms with Gasteiger partial charge in [0.1, 0.15) is 0 Å². The van der Waals surface area contributed by atoms with Gasteiger partial charge in [-0.1, -0.05) is 19.3 Å². The second-order valence-electron chi connectivity index (χ2n) is 5.85. The molecule has 0 spiro atoms. The lowest BCUT2D eigenvalue weighted by Crippen LogP contribution is -2.26. The fourth-order valence-electron chi connectivity index (χ4n) is 3.62. The first kappa shape index (κ1) is 12.4. The van der Waals surface area contributed by atoms with Crippen molar-refractivity contribution in [3.05, 3.63) is 0 Å². The molecule has 3 aliphatic rings. The van der Waals surface area contributed by atoms with Gasteiger partial charge in [-0.25, -0.2) is 0 Å². The monoisotopic (exact) mass is 254 g/mol. The van der Waals surface area contributed by atoms with E-state index in [1.54, 1.807) is 0 Å². The molecule has 1 aliphatic carbocycles. The summed E-state index contributed by atoms with van der Waals surface area (Å²) in [7, 11) is 0. The van der Waals surface area contributed by atoms with Gasteiger partial charge in [-0.3, -0.25) is 4.79 Å². The van der Waals surface area contributed by atoms with Crippen LogP contribution in [0.3, 0.4) is 0 Å². The molecule has 2 saturated heterocycles. The first-order chi connectivity index (χ1) is 8.72. The number of carbonyl (C=O) groups excluding carboxylic acids is 1. The summed E-state index contributed by atoms with van der Waals surface area (Å²) >= 11 is 0. The van der Waals surface area contributed by atoms with Gasteiger partial charge in [-0.05, 0) is 25.2 Å². The van der Waals surface area contributed by atoms with E-state index in [2.05, 4.69) is 0 Å². The molecule has 0 radical (unpaired) electrons. The zero-order chi connectivity index (χ0) is 12.5. The average Bonchev–Trinajstić information content (AvgIpc) is 2.87. The minimum absolute atomic E-state index is 0.138. The van der Waals surface area contributed by atoms with E-state index in [0.717, 1.165) is 18.8 Å². The molecule has 2 heterocycles. The molecule has 3 fully saturated rings. The maximum atomic E-state index is 10.9. The fourth-order valence-corrected chi connectivity index (χ4v) is 3.62. The number of esters is 1. The molecule has 4 heteroatoms. The van der Waals surface area contributed by atoms with Crippen molar-refractivity contribution in [3.8, 4) is 0 Å². The molecule has 0 aromatic heterocycles. The van der Waals surface area contributed by atoms with Crippen LogP contribution in [0.5, 0.6) is 0 Å². The largest absolute Gasteiger partial charge is 0.436 e. The van der Waals surface area contributed by atoms with Crippen molar-refractivity contribution >= 4 is 5.97 Å².